The van der Waals surface area contributed by atoms with Crippen LogP contribution in [0.3, 0.4) is 0 Å². The van der Waals surface area contributed by atoms with E-state index in [0.29, 0.717) is 17.8 Å². The van der Waals surface area contributed by atoms with Crippen molar-refractivity contribution in [2.24, 2.45) is 0 Å². The van der Waals surface area contributed by atoms with Crippen molar-refractivity contribution in [2.45, 2.75) is 36.2 Å². The molecule has 1 atom stereocenters. The van der Waals surface area contributed by atoms with Crippen LogP contribution in [0.15, 0.2) is 36.5 Å². The van der Waals surface area contributed by atoms with Crippen LogP contribution >= 0.6 is 23.5 Å². The third kappa shape index (κ3) is 13.5. The molecule has 156 valence electrons. The monoisotopic (exact) mass is 418 g/mol. The molecule has 0 aromatic heterocycles. The maximum absolute atomic E-state index is 5.79. The van der Waals surface area contributed by atoms with Gasteiger partial charge in [-0.3, -0.25) is 0 Å². The molecule has 1 saturated heterocycles. The van der Waals surface area contributed by atoms with E-state index in [-0.39, 0.29) is 19.2 Å². The summed E-state index contributed by atoms with van der Waals surface area (Å²) in [7, 11) is 4.88. The fraction of sp³-hybridized carbons (Fsp3) is 0.700. The van der Waals surface area contributed by atoms with E-state index in [1.54, 1.807) is 21.3 Å². The van der Waals surface area contributed by atoms with Crippen LogP contribution in [0.2, 0.25) is 0 Å². The molecule has 1 aliphatic rings. The summed E-state index contributed by atoms with van der Waals surface area (Å²) in [6.45, 7) is 1.32. The first-order valence-corrected chi connectivity index (χ1v) is 11.4. The Bertz CT molecular complexity index is 419. The van der Waals surface area contributed by atoms with Gasteiger partial charge in [-0.2, -0.15) is 0 Å². The van der Waals surface area contributed by atoms with Gasteiger partial charge in [0.2, 0.25) is 0 Å². The zero-order chi connectivity index (χ0) is 19.6. The number of rotatable bonds is 15. The zero-order valence-corrected chi connectivity index (χ0v) is 18.3. The van der Waals surface area contributed by atoms with E-state index < -0.39 is 0 Å². The quantitative estimate of drug-likeness (QED) is 0.170. The number of methoxy groups -OCH3 is 3. The number of hydrogen-bond donors (Lipinski definition) is 0. The summed E-state index contributed by atoms with van der Waals surface area (Å²) in [5.74, 6) is 2.58. The number of hydrogen-bond acceptors (Lipinski definition) is 7. The average molecular weight is 419 g/mol. The van der Waals surface area contributed by atoms with Gasteiger partial charge in [0.1, 0.15) is 6.79 Å². The second-order valence-corrected chi connectivity index (χ2v) is 8.72. The predicted molar refractivity (Wildman–Crippen MR) is 115 cm³/mol. The molecule has 1 aliphatic heterocycles. The second-order valence-electron chi connectivity index (χ2n) is 5.80. The molecule has 1 rings (SSSR count). The largest absolute Gasteiger partial charge is 0.382 e. The van der Waals surface area contributed by atoms with Crippen molar-refractivity contribution in [3.05, 3.63) is 36.5 Å². The Morgan fingerprint density at radius 3 is 2.44 bits per heavy atom. The van der Waals surface area contributed by atoms with Crippen molar-refractivity contribution in [2.75, 3.05) is 52.8 Å². The second kappa shape index (κ2) is 17.8. The van der Waals surface area contributed by atoms with Crippen molar-refractivity contribution in [1.82, 2.24) is 0 Å². The van der Waals surface area contributed by atoms with Crippen molar-refractivity contribution < 1.29 is 23.7 Å². The third-order valence-electron chi connectivity index (χ3n) is 3.72. The summed E-state index contributed by atoms with van der Waals surface area (Å²) in [6.07, 6.45) is 15.1. The topological polar surface area (TPSA) is 46.2 Å². The molecule has 7 heteroatoms. The summed E-state index contributed by atoms with van der Waals surface area (Å²) in [5, 5.41) is 0. The van der Waals surface area contributed by atoms with Gasteiger partial charge in [-0.25, -0.2) is 0 Å². The van der Waals surface area contributed by atoms with E-state index in [2.05, 4.69) is 47.8 Å². The van der Waals surface area contributed by atoms with Gasteiger partial charge in [-0.15, -0.1) is 23.5 Å². The molecule has 5 nitrogen and oxygen atoms in total. The van der Waals surface area contributed by atoms with Crippen molar-refractivity contribution in [1.29, 1.82) is 0 Å². The van der Waals surface area contributed by atoms with Gasteiger partial charge < -0.3 is 23.7 Å². The fourth-order valence-corrected chi connectivity index (χ4v) is 5.03. The molecule has 1 fully saturated rings. The maximum Gasteiger partial charge on any atom is 0.176 e. The molecule has 0 aromatic rings. The lowest BCUT2D eigenvalue weighted by Gasteiger charge is -2.18. The van der Waals surface area contributed by atoms with E-state index in [1.807, 2.05) is 12.2 Å². The first-order chi connectivity index (χ1) is 13.3. The normalized spacial score (nSPS) is 17.8. The lowest BCUT2D eigenvalue weighted by Crippen LogP contribution is -2.14. The lowest BCUT2D eigenvalue weighted by atomic mass is 10.2. The molecule has 0 aromatic carbocycles. The average Bonchev–Trinajstić information content (AvgIpc) is 2.71. The molecule has 0 bridgehead atoms. The van der Waals surface area contributed by atoms with Crippen LogP contribution in [0.1, 0.15) is 19.3 Å². The van der Waals surface area contributed by atoms with Gasteiger partial charge in [-0.1, -0.05) is 30.4 Å². The summed E-state index contributed by atoms with van der Waals surface area (Å²) in [6, 6.07) is 0. The van der Waals surface area contributed by atoms with Gasteiger partial charge >= 0.3 is 0 Å². The number of allylic oxidation sites excluding steroid dienone is 3. The Morgan fingerprint density at radius 1 is 0.963 bits per heavy atom. The minimum atomic E-state index is -0.335. The Morgan fingerprint density at radius 2 is 1.74 bits per heavy atom. The van der Waals surface area contributed by atoms with E-state index in [0.717, 1.165) is 12.8 Å². The first kappa shape index (κ1) is 24.8. The Kier molecular flexibility index (Phi) is 16.3. The minimum Gasteiger partial charge on any atom is -0.382 e. The molecule has 0 aliphatic carbocycles. The van der Waals surface area contributed by atoms with E-state index in [1.165, 1.54) is 17.9 Å². The van der Waals surface area contributed by atoms with Crippen LogP contribution in [-0.2, 0) is 23.7 Å². The van der Waals surface area contributed by atoms with Gasteiger partial charge in [0.15, 0.2) is 6.29 Å². The molecule has 0 unspecified atom stereocenters. The smallest absolute Gasteiger partial charge is 0.176 e. The van der Waals surface area contributed by atoms with Crippen LogP contribution < -0.4 is 0 Å². The fourth-order valence-electron chi connectivity index (χ4n) is 2.25. The first-order valence-electron chi connectivity index (χ1n) is 9.27. The van der Waals surface area contributed by atoms with Crippen LogP contribution in [-0.4, -0.2) is 69.8 Å². The van der Waals surface area contributed by atoms with Crippen LogP contribution in [0.5, 0.6) is 0 Å². The van der Waals surface area contributed by atoms with E-state index >= 15 is 0 Å². The van der Waals surface area contributed by atoms with Crippen LogP contribution in [0, 0.1) is 0 Å². The summed E-state index contributed by atoms with van der Waals surface area (Å²) in [5.41, 5.74) is 0. The molecule has 0 saturated carbocycles. The molecule has 0 spiro atoms. The van der Waals surface area contributed by atoms with Crippen molar-refractivity contribution in [3.63, 3.8) is 0 Å². The predicted octanol–water partition coefficient (Wildman–Crippen LogP) is 4.26. The standard InChI is InChI=1S/C20H34O5S2/c1-21-13-14-24-17-25-18(10-7-11-19(22-2)23-3)9-5-4-6-12-20-26-15-8-16-27-20/h4-7,9,11,18-20H,8,10,12-17H2,1-3H3/b6-4-,9-5+,11-7+/t18-/m1/s1. The van der Waals surface area contributed by atoms with Crippen molar-refractivity contribution >= 4 is 23.5 Å². The van der Waals surface area contributed by atoms with Crippen molar-refractivity contribution in [3.8, 4) is 0 Å². The molecule has 27 heavy (non-hydrogen) atoms. The molecule has 0 N–H and O–H groups in total. The Balaban J connectivity index is 2.39. The SMILES string of the molecule is COCCOCO[C@H](/C=C/C=C\CC1SCCCS1)C/C=C/C(OC)OC. The zero-order valence-electron chi connectivity index (χ0n) is 16.7. The highest BCUT2D eigenvalue weighted by Gasteiger charge is 2.12. The lowest BCUT2D eigenvalue weighted by molar-refractivity contribution is -0.0843. The summed E-state index contributed by atoms with van der Waals surface area (Å²) >= 11 is 4.13. The van der Waals surface area contributed by atoms with Gasteiger partial charge in [-0.05, 0) is 36.8 Å². The van der Waals surface area contributed by atoms with Gasteiger partial charge in [0.25, 0.3) is 0 Å². The molecule has 1 heterocycles. The van der Waals surface area contributed by atoms with Gasteiger partial charge in [0.05, 0.1) is 23.9 Å². The molecule has 0 radical (unpaired) electrons. The Hall–Kier alpha value is -0.280. The highest BCUT2D eigenvalue weighted by Crippen LogP contribution is 2.32. The summed E-state index contributed by atoms with van der Waals surface area (Å²) in [4.78, 5) is 0. The molecular formula is C20H34O5S2. The highest BCUT2D eigenvalue weighted by molar-refractivity contribution is 8.17. The third-order valence-corrected chi connectivity index (χ3v) is 6.71. The maximum atomic E-state index is 5.79. The number of thioether (sulfide) groups is 2. The highest BCUT2D eigenvalue weighted by atomic mass is 32.2. The van der Waals surface area contributed by atoms with E-state index in [4.69, 9.17) is 23.7 Å². The summed E-state index contributed by atoms with van der Waals surface area (Å²) < 4.78 is 27.2. The molecule has 0 amide bonds. The van der Waals surface area contributed by atoms with Crippen LogP contribution in [0.25, 0.3) is 0 Å². The van der Waals surface area contributed by atoms with Crippen LogP contribution in [0.4, 0.5) is 0 Å². The van der Waals surface area contributed by atoms with Gasteiger partial charge in [0, 0.05) is 21.3 Å². The minimum absolute atomic E-state index is 0.0683. The number of ether oxygens (including phenoxy) is 5. The Labute approximate surface area is 172 Å². The molecular weight excluding hydrogens is 384 g/mol. The van der Waals surface area contributed by atoms with E-state index in [9.17, 15) is 0 Å².